The van der Waals surface area contributed by atoms with Gasteiger partial charge >= 0.3 is 0 Å². The number of aromatic nitrogens is 3. The van der Waals surface area contributed by atoms with Crippen LogP contribution in [0.4, 0.5) is 0 Å². The highest BCUT2D eigenvalue weighted by Crippen LogP contribution is 2.02. The van der Waals surface area contributed by atoms with Crippen LogP contribution in [0.3, 0.4) is 0 Å². The largest absolute Gasteiger partial charge is 0.364 e. The quantitative estimate of drug-likeness (QED) is 0.835. The lowest BCUT2D eigenvalue weighted by molar-refractivity contribution is 0.0780. The average molecular weight is 246 g/mol. The van der Waals surface area contributed by atoms with E-state index in [-0.39, 0.29) is 16.9 Å². The molecule has 0 saturated heterocycles. The lowest BCUT2D eigenvalue weighted by atomic mass is 10.2. The lowest BCUT2D eigenvalue weighted by Crippen LogP contribution is -2.31. The Morgan fingerprint density at radius 3 is 2.83 bits per heavy atom. The molecule has 0 bridgehead atoms. The van der Waals surface area contributed by atoms with Crippen LogP contribution >= 0.6 is 0 Å². The van der Waals surface area contributed by atoms with Gasteiger partial charge in [0.05, 0.1) is 6.54 Å². The zero-order valence-electron chi connectivity index (χ0n) is 10.2. The highest BCUT2D eigenvalue weighted by Gasteiger charge is 2.16. The van der Waals surface area contributed by atoms with Crippen molar-refractivity contribution in [3.8, 4) is 0 Å². The molecule has 0 aliphatic carbocycles. The summed E-state index contributed by atoms with van der Waals surface area (Å²) in [6, 6.07) is 1.41. The summed E-state index contributed by atoms with van der Waals surface area (Å²) in [5.41, 5.74) is 0.586. The number of carbonyl (C=O) groups is 1. The van der Waals surface area contributed by atoms with Gasteiger partial charge in [-0.2, -0.15) is 0 Å². The second-order valence-electron chi connectivity index (χ2n) is 4.09. The molecule has 2 N–H and O–H groups in total. The van der Waals surface area contributed by atoms with Gasteiger partial charge in [-0.05, 0) is 6.92 Å². The monoisotopic (exact) mass is 246 g/mol. The van der Waals surface area contributed by atoms with Crippen molar-refractivity contribution in [1.29, 1.82) is 0 Å². The third-order valence-corrected chi connectivity index (χ3v) is 2.58. The predicted octanol–water partition coefficient (Wildman–Crippen LogP) is 0.679. The number of hydrogen-bond donors (Lipinski definition) is 2. The van der Waals surface area contributed by atoms with Crippen molar-refractivity contribution in [2.45, 2.75) is 13.5 Å². The number of hydrogen-bond acceptors (Lipinski definition) is 3. The minimum Gasteiger partial charge on any atom is -0.364 e. The third-order valence-electron chi connectivity index (χ3n) is 2.58. The van der Waals surface area contributed by atoms with Crippen LogP contribution in [0.25, 0.3) is 0 Å². The summed E-state index contributed by atoms with van der Waals surface area (Å²) in [7, 11) is 1.63. The Hall–Kier alpha value is -2.37. The summed E-state index contributed by atoms with van der Waals surface area (Å²) in [6.45, 7) is 2.10. The zero-order chi connectivity index (χ0) is 13.1. The number of rotatable bonds is 3. The van der Waals surface area contributed by atoms with E-state index >= 15 is 0 Å². The maximum Gasteiger partial charge on any atom is 0.259 e. The first-order valence-corrected chi connectivity index (χ1v) is 5.51. The lowest BCUT2D eigenvalue weighted by Gasteiger charge is -2.15. The molecule has 0 aliphatic heterocycles. The van der Waals surface area contributed by atoms with E-state index in [4.69, 9.17) is 0 Å². The second-order valence-corrected chi connectivity index (χ2v) is 4.09. The molecule has 0 atom stereocenters. The molecule has 0 unspecified atom stereocenters. The highest BCUT2D eigenvalue weighted by atomic mass is 16.2. The van der Waals surface area contributed by atoms with Crippen molar-refractivity contribution in [2.24, 2.45) is 0 Å². The Balaban J connectivity index is 2.18. The number of aromatic amines is 2. The van der Waals surface area contributed by atoms with Gasteiger partial charge in [0, 0.05) is 37.4 Å². The average Bonchev–Trinajstić information content (AvgIpc) is 2.81. The maximum atomic E-state index is 12.1. The molecule has 0 aromatic carbocycles. The number of pyridine rings is 1. The van der Waals surface area contributed by atoms with Crippen molar-refractivity contribution < 1.29 is 4.79 Å². The fourth-order valence-electron chi connectivity index (χ4n) is 1.63. The normalized spacial score (nSPS) is 10.3. The molecule has 0 fully saturated rings. The molecule has 0 saturated carbocycles. The molecular formula is C12H14N4O2. The minimum absolute atomic E-state index is 0.134. The molecule has 2 aromatic heterocycles. The predicted molar refractivity (Wildman–Crippen MR) is 66.2 cm³/mol. The Bertz CT molecular complexity index is 601. The van der Waals surface area contributed by atoms with Crippen molar-refractivity contribution in [3.05, 3.63) is 52.0 Å². The summed E-state index contributed by atoms with van der Waals surface area (Å²) in [5.74, 6) is 0.349. The van der Waals surface area contributed by atoms with E-state index in [0.717, 1.165) is 5.69 Å². The van der Waals surface area contributed by atoms with Gasteiger partial charge in [0.2, 0.25) is 0 Å². The van der Waals surface area contributed by atoms with Gasteiger partial charge < -0.3 is 14.9 Å². The van der Waals surface area contributed by atoms with Crippen molar-refractivity contribution >= 4 is 5.91 Å². The Morgan fingerprint density at radius 2 is 2.22 bits per heavy atom. The van der Waals surface area contributed by atoms with Gasteiger partial charge in [-0.1, -0.05) is 0 Å². The molecule has 0 spiro atoms. The maximum absolute atomic E-state index is 12.1. The smallest absolute Gasteiger partial charge is 0.259 e. The third kappa shape index (κ3) is 2.48. The fourth-order valence-corrected chi connectivity index (χ4v) is 1.63. The molecule has 2 aromatic rings. The van der Waals surface area contributed by atoms with Gasteiger partial charge in [0.25, 0.3) is 5.91 Å². The summed E-state index contributed by atoms with van der Waals surface area (Å²) in [6.07, 6.45) is 4.75. The number of nitrogens with zero attached hydrogens (tertiary/aromatic N) is 2. The number of aryl methyl sites for hydroxylation is 1. The SMILES string of the molecule is Cc1cc(=O)c(C(=O)N(C)Cc2ncc[nH]2)c[nH]1. The van der Waals surface area contributed by atoms with Crippen molar-refractivity contribution in [1.82, 2.24) is 19.9 Å². The first kappa shape index (κ1) is 12.1. The first-order chi connectivity index (χ1) is 8.58. The van der Waals surface area contributed by atoms with E-state index in [9.17, 15) is 9.59 Å². The van der Waals surface area contributed by atoms with Crippen LogP contribution in [0.5, 0.6) is 0 Å². The summed E-state index contributed by atoms with van der Waals surface area (Å²) >= 11 is 0. The minimum atomic E-state index is -0.326. The molecule has 94 valence electrons. The second kappa shape index (κ2) is 4.87. The van der Waals surface area contributed by atoms with Gasteiger partial charge in [-0.15, -0.1) is 0 Å². The van der Waals surface area contributed by atoms with E-state index in [1.54, 1.807) is 26.4 Å². The Kier molecular flexibility index (Phi) is 3.27. The molecule has 2 heterocycles. The van der Waals surface area contributed by atoms with Crippen LogP contribution in [0.2, 0.25) is 0 Å². The molecule has 1 amide bonds. The zero-order valence-corrected chi connectivity index (χ0v) is 10.2. The van der Waals surface area contributed by atoms with Crippen LogP contribution in [0, 0.1) is 6.92 Å². The van der Waals surface area contributed by atoms with E-state index in [0.29, 0.717) is 12.4 Å². The summed E-state index contributed by atoms with van der Waals surface area (Å²) < 4.78 is 0. The molecule has 6 heteroatoms. The van der Waals surface area contributed by atoms with Crippen molar-refractivity contribution in [3.63, 3.8) is 0 Å². The van der Waals surface area contributed by atoms with E-state index < -0.39 is 0 Å². The highest BCUT2D eigenvalue weighted by molar-refractivity contribution is 5.93. The Labute approximate surface area is 104 Å². The topological polar surface area (TPSA) is 81.8 Å². The molecule has 2 rings (SSSR count). The standard InChI is InChI=1S/C12H14N4O2/c1-8-5-10(17)9(6-15-8)12(18)16(2)7-11-13-3-4-14-11/h3-6H,7H2,1-2H3,(H,13,14)(H,15,17). The van der Waals surface area contributed by atoms with E-state index in [1.807, 2.05) is 0 Å². The van der Waals surface area contributed by atoms with Gasteiger partial charge in [-0.25, -0.2) is 4.98 Å². The molecule has 6 nitrogen and oxygen atoms in total. The molecule has 0 aliphatic rings. The van der Waals surface area contributed by atoms with Crippen LogP contribution < -0.4 is 5.43 Å². The first-order valence-electron chi connectivity index (χ1n) is 5.51. The summed E-state index contributed by atoms with van der Waals surface area (Å²) in [4.78, 5) is 35.0. The van der Waals surface area contributed by atoms with Crippen molar-refractivity contribution in [2.75, 3.05) is 7.05 Å². The number of amides is 1. The molecular weight excluding hydrogens is 232 g/mol. The van der Waals surface area contributed by atoms with E-state index in [2.05, 4.69) is 15.0 Å². The number of nitrogens with one attached hydrogen (secondary N) is 2. The number of H-pyrrole nitrogens is 2. The fraction of sp³-hybridized carbons (Fsp3) is 0.250. The van der Waals surface area contributed by atoms with Crippen LogP contribution in [0.1, 0.15) is 21.9 Å². The van der Waals surface area contributed by atoms with Crippen LogP contribution in [-0.4, -0.2) is 32.8 Å². The van der Waals surface area contributed by atoms with Gasteiger partial charge in [-0.3, -0.25) is 9.59 Å². The van der Waals surface area contributed by atoms with E-state index in [1.165, 1.54) is 17.2 Å². The molecule has 0 radical (unpaired) electrons. The van der Waals surface area contributed by atoms with Crippen LogP contribution in [0.15, 0.2) is 29.5 Å². The molecule has 18 heavy (non-hydrogen) atoms. The van der Waals surface area contributed by atoms with Gasteiger partial charge in [0.15, 0.2) is 5.43 Å². The number of carbonyl (C=O) groups excluding carboxylic acids is 1. The summed E-state index contributed by atoms with van der Waals surface area (Å²) in [5, 5.41) is 0. The van der Waals surface area contributed by atoms with Crippen LogP contribution in [-0.2, 0) is 6.54 Å². The number of imidazole rings is 1. The van der Waals surface area contributed by atoms with Gasteiger partial charge in [0.1, 0.15) is 11.4 Å². The Morgan fingerprint density at radius 1 is 1.44 bits per heavy atom.